The molecule has 0 aliphatic carbocycles. The molecule has 1 saturated heterocycles. The Morgan fingerprint density at radius 3 is 2.21 bits per heavy atom. The number of aliphatic carboxylic acids is 1. The average molecular weight is 355 g/mol. The van der Waals surface area contributed by atoms with Crippen LogP contribution in [0.2, 0.25) is 0 Å². The molecule has 1 aliphatic heterocycles. The number of carboxylic acids is 1. The monoisotopic (exact) mass is 355 g/mol. The van der Waals surface area contributed by atoms with E-state index >= 15 is 0 Å². The van der Waals surface area contributed by atoms with E-state index in [9.17, 15) is 45.3 Å². The lowest BCUT2D eigenvalue weighted by Crippen LogP contribution is -2.62. The SMILES string of the molecule is O=C[C@H](O)[C@@H](O[C@@H]1O[C@H](CO)[C@@H](O)[C@H](O)[C@H]1O)[C@H](O)[C@H](O)C(=O)[O-]. The Hall–Kier alpha value is -1.22. The van der Waals surface area contributed by atoms with Crippen LogP contribution in [0, 0.1) is 0 Å². The molecule has 1 aliphatic rings. The third kappa shape index (κ3) is 4.44. The van der Waals surface area contributed by atoms with Gasteiger partial charge in [0.25, 0.3) is 0 Å². The predicted molar refractivity (Wildman–Crippen MR) is 67.7 cm³/mol. The van der Waals surface area contributed by atoms with E-state index in [2.05, 4.69) is 0 Å². The topological polar surface area (TPSA) is 217 Å². The number of aliphatic hydroxyl groups is 7. The van der Waals surface area contributed by atoms with Gasteiger partial charge in [-0.05, 0) is 0 Å². The van der Waals surface area contributed by atoms with Crippen molar-refractivity contribution in [1.82, 2.24) is 0 Å². The number of ether oxygens (including phenoxy) is 2. The van der Waals surface area contributed by atoms with Crippen LogP contribution in [0.1, 0.15) is 0 Å². The first kappa shape index (κ1) is 20.8. The second-order valence-corrected chi connectivity index (χ2v) is 5.18. The number of hydrogen-bond acceptors (Lipinski definition) is 12. The van der Waals surface area contributed by atoms with E-state index in [4.69, 9.17) is 14.6 Å². The summed E-state index contributed by atoms with van der Waals surface area (Å²) in [6.07, 6.45) is -18.0. The summed E-state index contributed by atoms with van der Waals surface area (Å²) in [4.78, 5) is 21.3. The highest BCUT2D eigenvalue weighted by Crippen LogP contribution is 2.24. The van der Waals surface area contributed by atoms with Crippen LogP contribution in [0.25, 0.3) is 0 Å². The fourth-order valence-corrected chi connectivity index (χ4v) is 2.09. The van der Waals surface area contributed by atoms with E-state index in [1.807, 2.05) is 0 Å². The van der Waals surface area contributed by atoms with Crippen LogP contribution in [0.4, 0.5) is 0 Å². The zero-order chi connectivity index (χ0) is 18.6. The molecule has 0 saturated carbocycles. The van der Waals surface area contributed by atoms with Crippen LogP contribution >= 0.6 is 0 Å². The molecule has 1 rings (SSSR count). The van der Waals surface area contributed by atoms with Crippen molar-refractivity contribution < 1.29 is 59.9 Å². The fraction of sp³-hybridized carbons (Fsp3) is 0.833. The molecule has 1 fully saturated rings. The van der Waals surface area contributed by atoms with E-state index in [0.29, 0.717) is 0 Å². The molecular formula is C12H19O12-. The van der Waals surface area contributed by atoms with Crippen LogP contribution in [0.3, 0.4) is 0 Å². The summed E-state index contributed by atoms with van der Waals surface area (Å²) in [5, 5.41) is 77.0. The first-order chi connectivity index (χ1) is 11.1. The molecular weight excluding hydrogens is 336 g/mol. The zero-order valence-corrected chi connectivity index (χ0v) is 12.2. The Balaban J connectivity index is 2.96. The Morgan fingerprint density at radius 1 is 1.17 bits per heavy atom. The normalized spacial score (nSPS) is 35.7. The number of carbonyl (C=O) groups excluding carboxylic acids is 2. The first-order valence-corrected chi connectivity index (χ1v) is 6.82. The van der Waals surface area contributed by atoms with Crippen molar-refractivity contribution >= 4 is 12.3 Å². The molecule has 9 atom stereocenters. The third-order valence-electron chi connectivity index (χ3n) is 3.52. The molecule has 1 heterocycles. The number of carbonyl (C=O) groups is 2. The van der Waals surface area contributed by atoms with Gasteiger partial charge in [0.2, 0.25) is 0 Å². The molecule has 24 heavy (non-hydrogen) atoms. The van der Waals surface area contributed by atoms with Crippen molar-refractivity contribution in [1.29, 1.82) is 0 Å². The van der Waals surface area contributed by atoms with Crippen LogP contribution in [0.5, 0.6) is 0 Å². The molecule has 0 bridgehead atoms. The number of carboxylic acid groups (broad SMARTS) is 1. The summed E-state index contributed by atoms with van der Waals surface area (Å²) in [7, 11) is 0. The Kier molecular flexibility index (Phi) is 7.59. The minimum Gasteiger partial charge on any atom is -0.547 e. The van der Waals surface area contributed by atoms with Crippen LogP contribution < -0.4 is 5.11 Å². The van der Waals surface area contributed by atoms with Crippen molar-refractivity contribution in [3.63, 3.8) is 0 Å². The van der Waals surface area contributed by atoms with Crippen molar-refractivity contribution in [2.24, 2.45) is 0 Å². The largest absolute Gasteiger partial charge is 0.547 e. The summed E-state index contributed by atoms with van der Waals surface area (Å²) in [5.74, 6) is -2.12. The van der Waals surface area contributed by atoms with E-state index < -0.39 is 67.7 Å². The highest BCUT2D eigenvalue weighted by atomic mass is 16.7. The maximum atomic E-state index is 10.7. The summed E-state index contributed by atoms with van der Waals surface area (Å²) in [6, 6.07) is 0. The van der Waals surface area contributed by atoms with Gasteiger partial charge < -0.3 is 59.9 Å². The Morgan fingerprint density at radius 2 is 1.75 bits per heavy atom. The van der Waals surface area contributed by atoms with E-state index in [1.165, 1.54) is 0 Å². The van der Waals surface area contributed by atoms with E-state index in [0.717, 1.165) is 0 Å². The van der Waals surface area contributed by atoms with Gasteiger partial charge in [-0.15, -0.1) is 0 Å². The summed E-state index contributed by atoms with van der Waals surface area (Å²) >= 11 is 0. The maximum Gasteiger partial charge on any atom is 0.187 e. The molecule has 0 spiro atoms. The second-order valence-electron chi connectivity index (χ2n) is 5.18. The molecule has 0 aromatic carbocycles. The number of aldehydes is 1. The highest BCUT2D eigenvalue weighted by molar-refractivity contribution is 5.70. The minimum absolute atomic E-state index is 0.139. The van der Waals surface area contributed by atoms with Gasteiger partial charge >= 0.3 is 0 Å². The second kappa shape index (κ2) is 8.75. The number of hydrogen-bond donors (Lipinski definition) is 7. The van der Waals surface area contributed by atoms with Crippen LogP contribution in [0.15, 0.2) is 0 Å². The molecule has 7 N–H and O–H groups in total. The predicted octanol–water partition coefficient (Wildman–Crippen LogP) is -6.80. The van der Waals surface area contributed by atoms with Crippen molar-refractivity contribution in [2.75, 3.05) is 6.61 Å². The van der Waals surface area contributed by atoms with Gasteiger partial charge in [-0.1, -0.05) is 0 Å². The van der Waals surface area contributed by atoms with E-state index in [-0.39, 0.29) is 6.29 Å². The minimum atomic E-state index is -2.55. The first-order valence-electron chi connectivity index (χ1n) is 6.82. The van der Waals surface area contributed by atoms with Gasteiger partial charge in [0.15, 0.2) is 12.6 Å². The van der Waals surface area contributed by atoms with Gasteiger partial charge in [0.1, 0.15) is 48.8 Å². The zero-order valence-electron chi connectivity index (χ0n) is 12.2. The summed E-state index contributed by atoms with van der Waals surface area (Å²) < 4.78 is 9.83. The molecule has 140 valence electrons. The number of rotatable bonds is 8. The summed E-state index contributed by atoms with van der Waals surface area (Å²) in [6.45, 7) is -0.796. The molecule has 0 amide bonds. The molecule has 0 unspecified atom stereocenters. The molecule has 0 radical (unpaired) electrons. The van der Waals surface area contributed by atoms with Crippen molar-refractivity contribution in [3.8, 4) is 0 Å². The smallest absolute Gasteiger partial charge is 0.187 e. The van der Waals surface area contributed by atoms with Crippen LogP contribution in [-0.2, 0) is 19.1 Å². The van der Waals surface area contributed by atoms with Crippen molar-refractivity contribution in [3.05, 3.63) is 0 Å². The Labute approximate surface area is 135 Å². The average Bonchev–Trinajstić information content (AvgIpc) is 2.57. The van der Waals surface area contributed by atoms with Gasteiger partial charge in [-0.25, -0.2) is 0 Å². The van der Waals surface area contributed by atoms with Gasteiger partial charge in [-0.3, -0.25) is 0 Å². The molecule has 12 heteroatoms. The highest BCUT2D eigenvalue weighted by Gasteiger charge is 2.46. The Bertz CT molecular complexity index is 428. The molecule has 0 aromatic rings. The lowest BCUT2D eigenvalue weighted by atomic mass is 9.98. The fourth-order valence-electron chi connectivity index (χ4n) is 2.09. The molecule has 0 aromatic heterocycles. The van der Waals surface area contributed by atoms with Gasteiger partial charge in [-0.2, -0.15) is 0 Å². The van der Waals surface area contributed by atoms with Gasteiger partial charge in [0.05, 0.1) is 12.6 Å². The molecule has 12 nitrogen and oxygen atoms in total. The quantitative estimate of drug-likeness (QED) is 0.202. The van der Waals surface area contributed by atoms with Gasteiger partial charge in [0, 0.05) is 0 Å². The third-order valence-corrected chi connectivity index (χ3v) is 3.52. The van der Waals surface area contributed by atoms with Crippen LogP contribution in [-0.4, -0.2) is 110 Å². The lowest BCUT2D eigenvalue weighted by Gasteiger charge is -2.42. The van der Waals surface area contributed by atoms with Crippen molar-refractivity contribution in [2.45, 2.75) is 55.1 Å². The lowest BCUT2D eigenvalue weighted by molar-refractivity contribution is -0.334. The van der Waals surface area contributed by atoms with E-state index in [1.54, 1.807) is 0 Å². The standard InChI is InChI=1S/C12H20O12/c13-1-3(15)10(7(18)8(19)11(21)22)24-12-9(20)6(17)5(16)4(2-14)23-12/h1,3-10,12,14-20H,2H2,(H,21,22)/p-1/t3-,4+,5+,6-,7+,8-,9+,10+,12-/m0/s1. The summed E-state index contributed by atoms with van der Waals surface area (Å²) in [5.41, 5.74) is 0. The number of aliphatic hydroxyl groups excluding tert-OH is 7. The maximum absolute atomic E-state index is 10.7.